The van der Waals surface area contributed by atoms with E-state index in [9.17, 15) is 9.59 Å². The zero-order valence-corrected chi connectivity index (χ0v) is 9.59. The molecule has 0 aliphatic carbocycles. The molecule has 0 amide bonds. The SMILES string of the molecule is CC(=O)c1cnc2sc(C(=O)O)c(C)c2c1. The van der Waals surface area contributed by atoms with Crippen molar-refractivity contribution < 1.29 is 14.7 Å². The summed E-state index contributed by atoms with van der Waals surface area (Å²) >= 11 is 1.13. The van der Waals surface area contributed by atoms with Crippen LogP contribution in [0, 0.1) is 6.92 Å². The van der Waals surface area contributed by atoms with Gasteiger partial charge in [0.2, 0.25) is 0 Å². The van der Waals surface area contributed by atoms with E-state index >= 15 is 0 Å². The molecular formula is C11H9NO3S. The summed E-state index contributed by atoms with van der Waals surface area (Å²) in [4.78, 5) is 27.1. The average Bonchev–Trinajstić information content (AvgIpc) is 2.56. The number of aromatic nitrogens is 1. The Morgan fingerprint density at radius 3 is 2.69 bits per heavy atom. The van der Waals surface area contributed by atoms with E-state index in [0.717, 1.165) is 16.7 Å². The van der Waals surface area contributed by atoms with Crippen molar-refractivity contribution in [3.8, 4) is 0 Å². The molecule has 0 aliphatic heterocycles. The van der Waals surface area contributed by atoms with Crippen molar-refractivity contribution in [2.24, 2.45) is 0 Å². The van der Waals surface area contributed by atoms with Crippen molar-refractivity contribution in [2.45, 2.75) is 13.8 Å². The molecular weight excluding hydrogens is 226 g/mol. The normalized spacial score (nSPS) is 10.6. The Bertz CT molecular complexity index is 601. The number of hydrogen-bond acceptors (Lipinski definition) is 4. The fourth-order valence-corrected chi connectivity index (χ4v) is 2.47. The van der Waals surface area contributed by atoms with E-state index < -0.39 is 5.97 Å². The first kappa shape index (κ1) is 10.8. The molecule has 0 atom stereocenters. The second kappa shape index (κ2) is 3.68. The fraction of sp³-hybridized carbons (Fsp3) is 0.182. The van der Waals surface area contributed by atoms with Crippen LogP contribution in [-0.4, -0.2) is 21.8 Å². The van der Waals surface area contributed by atoms with Gasteiger partial charge in [-0.1, -0.05) is 0 Å². The van der Waals surface area contributed by atoms with Crippen LogP contribution < -0.4 is 0 Å². The van der Waals surface area contributed by atoms with Gasteiger partial charge in [-0.2, -0.15) is 0 Å². The summed E-state index contributed by atoms with van der Waals surface area (Å²) in [5.74, 6) is -1.03. The van der Waals surface area contributed by atoms with Crippen molar-refractivity contribution in [3.05, 3.63) is 28.3 Å². The average molecular weight is 235 g/mol. The van der Waals surface area contributed by atoms with Crippen LogP contribution >= 0.6 is 11.3 Å². The number of aromatic carboxylic acids is 1. The van der Waals surface area contributed by atoms with Gasteiger partial charge in [0.1, 0.15) is 9.71 Å². The molecule has 0 saturated heterocycles. The van der Waals surface area contributed by atoms with E-state index in [2.05, 4.69) is 4.98 Å². The molecule has 4 nitrogen and oxygen atoms in total. The van der Waals surface area contributed by atoms with Gasteiger partial charge in [-0.15, -0.1) is 11.3 Å². The number of aryl methyl sites for hydroxylation is 1. The minimum Gasteiger partial charge on any atom is -0.477 e. The van der Waals surface area contributed by atoms with Crippen molar-refractivity contribution in [1.82, 2.24) is 4.98 Å². The smallest absolute Gasteiger partial charge is 0.346 e. The highest BCUT2D eigenvalue weighted by Crippen LogP contribution is 2.29. The van der Waals surface area contributed by atoms with Crippen LogP contribution in [0.25, 0.3) is 10.2 Å². The summed E-state index contributed by atoms with van der Waals surface area (Å²) in [5, 5.41) is 9.71. The summed E-state index contributed by atoms with van der Waals surface area (Å²) in [6, 6.07) is 1.70. The van der Waals surface area contributed by atoms with Crippen molar-refractivity contribution in [3.63, 3.8) is 0 Å². The second-order valence-electron chi connectivity index (χ2n) is 3.49. The van der Waals surface area contributed by atoms with Crippen LogP contribution in [0.5, 0.6) is 0 Å². The van der Waals surface area contributed by atoms with Gasteiger partial charge in [0, 0.05) is 17.1 Å². The van der Waals surface area contributed by atoms with Gasteiger partial charge in [-0.05, 0) is 25.5 Å². The maximum absolute atomic E-state index is 11.2. The first-order valence-corrected chi connectivity index (χ1v) is 5.45. The lowest BCUT2D eigenvalue weighted by atomic mass is 10.1. The first-order valence-electron chi connectivity index (χ1n) is 4.64. The number of rotatable bonds is 2. The van der Waals surface area contributed by atoms with Gasteiger partial charge >= 0.3 is 5.97 Å². The number of carbonyl (C=O) groups is 2. The monoisotopic (exact) mass is 235 g/mol. The number of thiophene rings is 1. The molecule has 0 saturated carbocycles. The van der Waals surface area contributed by atoms with Crippen molar-refractivity contribution >= 4 is 33.3 Å². The maximum Gasteiger partial charge on any atom is 0.346 e. The predicted octanol–water partition coefficient (Wildman–Crippen LogP) is 2.51. The number of nitrogens with zero attached hydrogens (tertiary/aromatic N) is 1. The fourth-order valence-electron chi connectivity index (χ4n) is 1.49. The number of pyridine rings is 1. The molecule has 2 rings (SSSR count). The molecule has 1 N–H and O–H groups in total. The predicted molar refractivity (Wildman–Crippen MR) is 61.3 cm³/mol. The number of carboxylic acid groups (broad SMARTS) is 1. The number of hydrogen-bond donors (Lipinski definition) is 1. The number of fused-ring (bicyclic) bond motifs is 1. The number of carboxylic acids is 1. The van der Waals surface area contributed by atoms with E-state index in [1.807, 2.05) is 0 Å². The molecule has 0 spiro atoms. The summed E-state index contributed by atoms with van der Waals surface area (Å²) in [6.45, 7) is 3.19. The van der Waals surface area contributed by atoms with Gasteiger partial charge in [0.25, 0.3) is 0 Å². The van der Waals surface area contributed by atoms with Crippen molar-refractivity contribution in [2.75, 3.05) is 0 Å². The Morgan fingerprint density at radius 2 is 2.12 bits per heavy atom. The topological polar surface area (TPSA) is 67.3 Å². The van der Waals surface area contributed by atoms with E-state index in [0.29, 0.717) is 16.0 Å². The van der Waals surface area contributed by atoms with E-state index in [-0.39, 0.29) is 10.7 Å². The Hall–Kier alpha value is -1.75. The Balaban J connectivity index is 2.73. The first-order chi connectivity index (χ1) is 7.50. The summed E-state index contributed by atoms with van der Waals surface area (Å²) in [5.41, 5.74) is 1.17. The number of carbonyl (C=O) groups excluding carboxylic acids is 1. The highest BCUT2D eigenvalue weighted by molar-refractivity contribution is 7.20. The molecule has 0 unspecified atom stereocenters. The molecule has 0 aromatic carbocycles. The largest absolute Gasteiger partial charge is 0.477 e. The summed E-state index contributed by atoms with van der Waals surface area (Å²) in [7, 11) is 0. The molecule has 2 heterocycles. The van der Waals surface area contributed by atoms with Crippen LogP contribution in [0.2, 0.25) is 0 Å². The lowest BCUT2D eigenvalue weighted by Gasteiger charge is -1.95. The lowest BCUT2D eigenvalue weighted by Crippen LogP contribution is -1.94. The highest BCUT2D eigenvalue weighted by atomic mass is 32.1. The molecule has 2 aromatic rings. The lowest BCUT2D eigenvalue weighted by molar-refractivity contribution is 0.0701. The number of Topliss-reactive ketones (excluding diaryl/α,β-unsaturated/α-hetero) is 1. The molecule has 82 valence electrons. The van der Waals surface area contributed by atoms with Crippen LogP contribution in [0.4, 0.5) is 0 Å². The minimum absolute atomic E-state index is 0.0723. The quantitative estimate of drug-likeness (QED) is 0.812. The number of ketones is 1. The van der Waals surface area contributed by atoms with Gasteiger partial charge in [-0.3, -0.25) is 4.79 Å². The van der Waals surface area contributed by atoms with Gasteiger partial charge < -0.3 is 5.11 Å². The zero-order valence-electron chi connectivity index (χ0n) is 8.77. The standard InChI is InChI=1S/C11H9NO3S/c1-5-8-3-7(6(2)13)4-12-10(8)16-9(5)11(14)15/h3-4H,1-2H3,(H,14,15). The third-order valence-corrected chi connectivity index (χ3v) is 3.60. The van der Waals surface area contributed by atoms with Crippen LogP contribution in [0.15, 0.2) is 12.3 Å². The van der Waals surface area contributed by atoms with Crippen molar-refractivity contribution in [1.29, 1.82) is 0 Å². The van der Waals surface area contributed by atoms with Crippen LogP contribution in [0.1, 0.15) is 32.5 Å². The Labute approximate surface area is 95.6 Å². The van der Waals surface area contributed by atoms with Crippen LogP contribution in [-0.2, 0) is 0 Å². The van der Waals surface area contributed by atoms with Gasteiger partial charge in [0.15, 0.2) is 5.78 Å². The molecule has 0 radical (unpaired) electrons. The highest BCUT2D eigenvalue weighted by Gasteiger charge is 2.15. The van der Waals surface area contributed by atoms with E-state index in [1.54, 1.807) is 13.0 Å². The molecule has 5 heteroatoms. The van der Waals surface area contributed by atoms with Gasteiger partial charge in [-0.25, -0.2) is 9.78 Å². The van der Waals surface area contributed by atoms with E-state index in [1.165, 1.54) is 13.1 Å². The molecule has 0 fully saturated rings. The summed E-state index contributed by atoms with van der Waals surface area (Å²) in [6.07, 6.45) is 1.48. The minimum atomic E-state index is -0.954. The molecule has 0 aliphatic rings. The van der Waals surface area contributed by atoms with E-state index in [4.69, 9.17) is 5.11 Å². The third kappa shape index (κ3) is 1.59. The molecule has 0 bridgehead atoms. The molecule has 16 heavy (non-hydrogen) atoms. The summed E-state index contributed by atoms with van der Waals surface area (Å²) < 4.78 is 0. The maximum atomic E-state index is 11.2. The van der Waals surface area contributed by atoms with Gasteiger partial charge in [0.05, 0.1) is 0 Å². The second-order valence-corrected chi connectivity index (χ2v) is 4.49. The zero-order chi connectivity index (χ0) is 11.9. The molecule has 2 aromatic heterocycles. The van der Waals surface area contributed by atoms with Crippen LogP contribution in [0.3, 0.4) is 0 Å². The third-order valence-electron chi connectivity index (χ3n) is 2.40. The Kier molecular flexibility index (Phi) is 2.47. The Morgan fingerprint density at radius 1 is 1.44 bits per heavy atom.